The second-order valence-electron chi connectivity index (χ2n) is 13.7. The van der Waals surface area contributed by atoms with E-state index in [9.17, 15) is 15.2 Å². The third-order valence-corrected chi connectivity index (χ3v) is 9.24. The fourth-order valence-corrected chi connectivity index (χ4v) is 5.50. The molecule has 3 N–H and O–H groups in total. The molecule has 0 bridgehead atoms. The van der Waals surface area contributed by atoms with Gasteiger partial charge in [-0.25, -0.2) is 9.38 Å². The molecule has 48 heavy (non-hydrogen) atoms. The maximum atomic E-state index is 15.7. The molecule has 270 valence electrons. The van der Waals surface area contributed by atoms with Crippen LogP contribution in [-0.4, -0.2) is 65.7 Å². The molecule has 4 unspecified atom stereocenters. The van der Waals surface area contributed by atoms with Crippen LogP contribution in [0, 0.1) is 30.1 Å². The van der Waals surface area contributed by atoms with Gasteiger partial charge in [-0.15, -0.1) is 0 Å². The predicted octanol–water partition coefficient (Wildman–Crippen LogP) is 8.53. The number of amidine groups is 1. The van der Waals surface area contributed by atoms with Gasteiger partial charge in [-0.1, -0.05) is 66.5 Å². The van der Waals surface area contributed by atoms with E-state index in [-0.39, 0.29) is 11.8 Å². The summed E-state index contributed by atoms with van der Waals surface area (Å²) in [4.78, 5) is 20.3. The molecule has 2 aliphatic rings. The van der Waals surface area contributed by atoms with Crippen LogP contribution in [0.15, 0.2) is 46.7 Å². The predicted molar refractivity (Wildman–Crippen MR) is 201 cm³/mol. The minimum Gasteiger partial charge on any atom is -0.390 e. The standard InChI is InChI=1S/C33H49FN6O2.C4H10.C2H6/c1-8-9-30(38-29-11-10-23(2)31(17-29)39(22-41)15-13-32(5,6)42)26(18-35)19-37-25(4)40-20-24(3)33(7,34)27(21-40)16-28-12-14-36-28;1-3-4-2;1-2/h9-11,17,19,22,24,27-28,36,38,42H,8,12-16,20-21H2,1-7H3;3-4H2,1-2H3;1-2H3/b26-19-,30-9-,37-25?;;. The Kier molecular flexibility index (Phi) is 18.7. The zero-order valence-electron chi connectivity index (χ0n) is 31.8. The van der Waals surface area contributed by atoms with Gasteiger partial charge in [0.05, 0.1) is 16.9 Å². The number of likely N-dealkylation sites (tertiary alicyclic amines) is 1. The van der Waals surface area contributed by atoms with Crippen molar-refractivity contribution in [2.24, 2.45) is 16.8 Å². The van der Waals surface area contributed by atoms with Gasteiger partial charge in [-0.3, -0.25) is 4.79 Å². The lowest BCUT2D eigenvalue weighted by molar-refractivity contribution is -0.107. The Morgan fingerprint density at radius 2 is 1.92 bits per heavy atom. The van der Waals surface area contributed by atoms with E-state index in [2.05, 4.69) is 40.4 Å². The van der Waals surface area contributed by atoms with Crippen molar-refractivity contribution < 1.29 is 14.3 Å². The number of nitriles is 1. The Hall–Kier alpha value is -3.22. The van der Waals surface area contributed by atoms with Crippen molar-refractivity contribution in [1.29, 1.82) is 5.26 Å². The molecule has 0 aromatic heterocycles. The van der Waals surface area contributed by atoms with E-state index in [1.165, 1.54) is 12.8 Å². The number of allylic oxidation sites excluding steroid dienone is 2. The van der Waals surface area contributed by atoms with E-state index in [4.69, 9.17) is 0 Å². The van der Waals surface area contributed by atoms with Crippen molar-refractivity contribution in [2.45, 2.75) is 132 Å². The minimum atomic E-state index is -1.23. The number of hydrogen-bond acceptors (Lipinski definition) is 6. The number of hydrogen-bond donors (Lipinski definition) is 3. The maximum absolute atomic E-state index is 15.7. The molecule has 2 heterocycles. The van der Waals surface area contributed by atoms with Crippen molar-refractivity contribution in [3.8, 4) is 6.07 Å². The maximum Gasteiger partial charge on any atom is 0.214 e. The van der Waals surface area contributed by atoms with Crippen LogP contribution < -0.4 is 15.5 Å². The molecule has 1 amide bonds. The molecular weight excluding hydrogens is 603 g/mol. The van der Waals surface area contributed by atoms with Crippen LogP contribution in [0.5, 0.6) is 0 Å². The minimum absolute atomic E-state index is 0.0917. The first-order valence-electron chi connectivity index (χ1n) is 18.0. The summed E-state index contributed by atoms with van der Waals surface area (Å²) >= 11 is 0. The topological polar surface area (TPSA) is 104 Å². The molecule has 0 radical (unpaired) electrons. The fourth-order valence-electron chi connectivity index (χ4n) is 5.50. The third-order valence-electron chi connectivity index (χ3n) is 9.24. The number of aryl methyl sites for hydroxylation is 1. The van der Waals surface area contributed by atoms with Gasteiger partial charge in [0, 0.05) is 55.1 Å². The number of halogens is 1. The number of anilines is 2. The Labute approximate surface area is 291 Å². The molecule has 3 rings (SSSR count). The lowest BCUT2D eigenvalue weighted by atomic mass is 9.73. The molecule has 0 aliphatic carbocycles. The van der Waals surface area contributed by atoms with Gasteiger partial charge >= 0.3 is 0 Å². The van der Waals surface area contributed by atoms with Crippen LogP contribution >= 0.6 is 0 Å². The molecule has 1 aromatic carbocycles. The number of benzene rings is 1. The van der Waals surface area contributed by atoms with Crippen molar-refractivity contribution >= 4 is 23.6 Å². The number of carbonyl (C=O) groups is 1. The second-order valence-corrected chi connectivity index (χ2v) is 13.7. The number of rotatable bonds is 13. The van der Waals surface area contributed by atoms with Crippen LogP contribution in [0.2, 0.25) is 0 Å². The van der Waals surface area contributed by atoms with Gasteiger partial charge in [-0.05, 0) is 84.5 Å². The van der Waals surface area contributed by atoms with Gasteiger partial charge in [0.1, 0.15) is 17.6 Å². The van der Waals surface area contributed by atoms with Gasteiger partial charge in [0.2, 0.25) is 6.41 Å². The summed E-state index contributed by atoms with van der Waals surface area (Å²) in [5, 5.41) is 27.0. The van der Waals surface area contributed by atoms with Gasteiger partial charge in [-0.2, -0.15) is 5.26 Å². The molecule has 2 aliphatic heterocycles. The lowest BCUT2D eigenvalue weighted by Gasteiger charge is -2.48. The molecular formula is C39H65FN6O2. The van der Waals surface area contributed by atoms with Crippen LogP contribution in [0.3, 0.4) is 0 Å². The highest BCUT2D eigenvalue weighted by atomic mass is 19.1. The zero-order valence-corrected chi connectivity index (χ0v) is 31.8. The molecule has 2 saturated heterocycles. The average Bonchev–Trinajstić information content (AvgIpc) is 3.03. The number of amides is 1. The summed E-state index contributed by atoms with van der Waals surface area (Å²) < 4.78 is 15.7. The number of carbonyl (C=O) groups excluding carboxylic acids is 1. The molecule has 9 heteroatoms. The van der Waals surface area contributed by atoms with Gasteiger partial charge < -0.3 is 25.5 Å². The Morgan fingerprint density at radius 1 is 1.27 bits per heavy atom. The zero-order chi connectivity index (χ0) is 36.5. The SMILES string of the molecule is CC.CC/C=C(Nc1ccc(C)c(N(C=O)CCC(C)(C)O)c1)/C(C#N)=C\N=C(C)N1CC(C)C(C)(F)C(CC2CCN2)C1.CCCC. The van der Waals surface area contributed by atoms with Crippen LogP contribution in [0.4, 0.5) is 15.8 Å². The van der Waals surface area contributed by atoms with E-state index in [0.29, 0.717) is 49.8 Å². The third kappa shape index (κ3) is 13.4. The van der Waals surface area contributed by atoms with Crippen LogP contribution in [0.25, 0.3) is 0 Å². The van der Waals surface area contributed by atoms with E-state index in [0.717, 1.165) is 48.6 Å². The average molecular weight is 669 g/mol. The van der Waals surface area contributed by atoms with Gasteiger partial charge in [0.15, 0.2) is 0 Å². The molecule has 0 spiro atoms. The highest BCUT2D eigenvalue weighted by Crippen LogP contribution is 2.39. The highest BCUT2D eigenvalue weighted by Gasteiger charge is 2.46. The van der Waals surface area contributed by atoms with E-state index < -0.39 is 11.3 Å². The summed E-state index contributed by atoms with van der Waals surface area (Å²) in [6, 6.07) is 8.37. The molecule has 2 fully saturated rings. The summed E-state index contributed by atoms with van der Waals surface area (Å²) in [6.45, 7) is 23.9. The quantitative estimate of drug-likeness (QED) is 0.0640. The number of nitrogens with zero attached hydrogens (tertiary/aromatic N) is 4. The first kappa shape index (κ1) is 42.8. The Bertz CT molecular complexity index is 1250. The largest absolute Gasteiger partial charge is 0.390 e. The van der Waals surface area contributed by atoms with Crippen LogP contribution in [0.1, 0.15) is 113 Å². The normalized spacial score (nSPS) is 23.0. The van der Waals surface area contributed by atoms with Crippen LogP contribution in [-0.2, 0) is 4.79 Å². The summed E-state index contributed by atoms with van der Waals surface area (Å²) in [5.74, 6) is 0.535. The van der Waals surface area contributed by atoms with Crippen molar-refractivity contribution in [2.75, 3.05) is 36.4 Å². The molecule has 8 nitrogen and oxygen atoms in total. The number of aliphatic hydroxyl groups is 1. The first-order valence-corrected chi connectivity index (χ1v) is 18.0. The molecule has 1 aromatic rings. The number of nitrogens with one attached hydrogen (secondary N) is 2. The van der Waals surface area contributed by atoms with Crippen molar-refractivity contribution in [3.05, 3.63) is 47.3 Å². The van der Waals surface area contributed by atoms with E-state index in [1.807, 2.05) is 65.8 Å². The number of aliphatic imine (C=N–C) groups is 1. The highest BCUT2D eigenvalue weighted by molar-refractivity contribution is 5.81. The van der Waals surface area contributed by atoms with Crippen molar-refractivity contribution in [3.63, 3.8) is 0 Å². The Morgan fingerprint density at radius 3 is 2.42 bits per heavy atom. The van der Waals surface area contributed by atoms with Crippen molar-refractivity contribution in [1.82, 2.24) is 10.2 Å². The second kappa shape index (κ2) is 21.0. The number of unbranched alkanes of at least 4 members (excludes halogenated alkanes) is 1. The summed E-state index contributed by atoms with van der Waals surface area (Å²) in [7, 11) is 0. The van der Waals surface area contributed by atoms with E-state index >= 15 is 4.39 Å². The summed E-state index contributed by atoms with van der Waals surface area (Å²) in [6.07, 6.45) is 9.97. The number of alkyl halides is 1. The lowest BCUT2D eigenvalue weighted by Crippen LogP contribution is -2.57. The van der Waals surface area contributed by atoms with Gasteiger partial charge in [0.25, 0.3) is 0 Å². The van der Waals surface area contributed by atoms with E-state index in [1.54, 1.807) is 31.9 Å². The number of piperidine rings is 1. The fraction of sp³-hybridized carbons (Fsp3) is 0.667. The first-order chi connectivity index (χ1) is 22.7. The monoisotopic (exact) mass is 669 g/mol. The summed E-state index contributed by atoms with van der Waals surface area (Å²) in [5.41, 5.74) is 1.26. The molecule has 4 atom stereocenters. The molecule has 0 saturated carbocycles. The Balaban J connectivity index is 0.00000178. The smallest absolute Gasteiger partial charge is 0.214 e.